The van der Waals surface area contributed by atoms with Gasteiger partial charge in [-0.3, -0.25) is 0 Å². The van der Waals surface area contributed by atoms with Gasteiger partial charge >= 0.3 is 0 Å². The molecule has 0 radical (unpaired) electrons. The van der Waals surface area contributed by atoms with E-state index in [9.17, 15) is 4.39 Å². The number of rotatable bonds is 8. The van der Waals surface area contributed by atoms with Crippen LogP contribution < -0.4 is 11.1 Å². The van der Waals surface area contributed by atoms with Gasteiger partial charge in [-0.2, -0.15) is 0 Å². The third kappa shape index (κ3) is 6.39. The first-order valence-electron chi connectivity index (χ1n) is 6.43. The number of hydrogen-bond donors (Lipinski definition) is 2. The maximum absolute atomic E-state index is 12.7. The molecule has 0 spiro atoms. The predicted molar refractivity (Wildman–Crippen MR) is 70.5 cm³/mol. The standard InChI is InChI=1S/C14H23FN2/c1-2-3-4-14(16)11-17-10-9-12-5-7-13(15)8-6-12/h5-8,14,17H,2-4,9-11,16H2,1H3. The van der Waals surface area contributed by atoms with Gasteiger partial charge in [0.1, 0.15) is 5.82 Å². The second-order valence-corrected chi connectivity index (χ2v) is 4.48. The summed E-state index contributed by atoms with van der Waals surface area (Å²) in [7, 11) is 0. The largest absolute Gasteiger partial charge is 0.327 e. The van der Waals surface area contributed by atoms with Gasteiger partial charge in [-0.1, -0.05) is 31.9 Å². The van der Waals surface area contributed by atoms with Crippen LogP contribution in [0.4, 0.5) is 4.39 Å². The Morgan fingerprint density at radius 2 is 2.00 bits per heavy atom. The minimum atomic E-state index is -0.178. The van der Waals surface area contributed by atoms with Crippen molar-refractivity contribution in [2.24, 2.45) is 5.73 Å². The SMILES string of the molecule is CCCCC(N)CNCCc1ccc(F)cc1. The van der Waals surface area contributed by atoms with E-state index in [0.717, 1.165) is 31.5 Å². The lowest BCUT2D eigenvalue weighted by Crippen LogP contribution is -2.34. The van der Waals surface area contributed by atoms with Gasteiger partial charge in [0.15, 0.2) is 0 Å². The van der Waals surface area contributed by atoms with E-state index in [-0.39, 0.29) is 11.9 Å². The Balaban J connectivity index is 2.09. The fraction of sp³-hybridized carbons (Fsp3) is 0.571. The molecule has 0 bridgehead atoms. The summed E-state index contributed by atoms with van der Waals surface area (Å²) in [6, 6.07) is 6.91. The fourth-order valence-electron chi connectivity index (χ4n) is 1.74. The highest BCUT2D eigenvalue weighted by atomic mass is 19.1. The van der Waals surface area contributed by atoms with E-state index in [1.54, 1.807) is 0 Å². The summed E-state index contributed by atoms with van der Waals surface area (Å²) >= 11 is 0. The average Bonchev–Trinajstić information content (AvgIpc) is 2.34. The van der Waals surface area contributed by atoms with Crippen LogP contribution in [0.3, 0.4) is 0 Å². The first-order valence-corrected chi connectivity index (χ1v) is 6.43. The monoisotopic (exact) mass is 238 g/mol. The molecule has 2 nitrogen and oxygen atoms in total. The molecule has 1 atom stereocenters. The predicted octanol–water partition coefficient (Wildman–Crippen LogP) is 2.48. The molecule has 3 N–H and O–H groups in total. The van der Waals surface area contributed by atoms with Crippen LogP contribution in [-0.2, 0) is 6.42 Å². The van der Waals surface area contributed by atoms with Gasteiger partial charge in [-0.05, 0) is 37.1 Å². The number of nitrogens with two attached hydrogens (primary N) is 1. The number of benzene rings is 1. The molecule has 0 aliphatic carbocycles. The Bertz CT molecular complexity index is 298. The van der Waals surface area contributed by atoms with E-state index in [2.05, 4.69) is 12.2 Å². The minimum absolute atomic E-state index is 0.178. The van der Waals surface area contributed by atoms with Crippen molar-refractivity contribution in [3.8, 4) is 0 Å². The molecule has 0 heterocycles. The van der Waals surface area contributed by atoms with Crippen molar-refractivity contribution in [3.05, 3.63) is 35.6 Å². The second-order valence-electron chi connectivity index (χ2n) is 4.48. The normalized spacial score (nSPS) is 12.6. The Kier molecular flexibility index (Phi) is 6.82. The Hall–Kier alpha value is -0.930. The maximum atomic E-state index is 12.7. The van der Waals surface area contributed by atoms with Crippen molar-refractivity contribution in [3.63, 3.8) is 0 Å². The van der Waals surface area contributed by atoms with Crippen LogP contribution >= 0.6 is 0 Å². The van der Waals surface area contributed by atoms with Crippen molar-refractivity contribution in [2.75, 3.05) is 13.1 Å². The van der Waals surface area contributed by atoms with Gasteiger partial charge in [-0.15, -0.1) is 0 Å². The van der Waals surface area contributed by atoms with Crippen molar-refractivity contribution in [1.82, 2.24) is 5.32 Å². The highest BCUT2D eigenvalue weighted by Gasteiger charge is 2.00. The smallest absolute Gasteiger partial charge is 0.123 e. The lowest BCUT2D eigenvalue weighted by atomic mass is 10.1. The fourth-order valence-corrected chi connectivity index (χ4v) is 1.74. The molecule has 0 fully saturated rings. The topological polar surface area (TPSA) is 38.0 Å². The third-order valence-electron chi connectivity index (χ3n) is 2.84. The van der Waals surface area contributed by atoms with Gasteiger partial charge in [0.25, 0.3) is 0 Å². The van der Waals surface area contributed by atoms with Crippen molar-refractivity contribution >= 4 is 0 Å². The summed E-state index contributed by atoms with van der Waals surface area (Å²) in [5.41, 5.74) is 7.10. The first-order chi connectivity index (χ1) is 8.22. The molecular weight excluding hydrogens is 215 g/mol. The third-order valence-corrected chi connectivity index (χ3v) is 2.84. The van der Waals surface area contributed by atoms with Gasteiger partial charge in [0.05, 0.1) is 0 Å². The molecule has 1 aromatic carbocycles. The van der Waals surface area contributed by atoms with Crippen LogP contribution in [0.1, 0.15) is 31.7 Å². The van der Waals surface area contributed by atoms with E-state index >= 15 is 0 Å². The molecule has 0 saturated carbocycles. The van der Waals surface area contributed by atoms with Gasteiger partial charge < -0.3 is 11.1 Å². The van der Waals surface area contributed by atoms with Crippen LogP contribution in [0.15, 0.2) is 24.3 Å². The molecule has 0 saturated heterocycles. The van der Waals surface area contributed by atoms with Crippen molar-refractivity contribution < 1.29 is 4.39 Å². The summed E-state index contributed by atoms with van der Waals surface area (Å²) in [5, 5.41) is 3.34. The van der Waals surface area contributed by atoms with Crippen LogP contribution in [0.5, 0.6) is 0 Å². The quantitative estimate of drug-likeness (QED) is 0.683. The van der Waals surface area contributed by atoms with Gasteiger partial charge in [-0.25, -0.2) is 4.39 Å². The Morgan fingerprint density at radius 1 is 1.29 bits per heavy atom. The van der Waals surface area contributed by atoms with Crippen LogP contribution in [0, 0.1) is 5.82 Å². The zero-order valence-corrected chi connectivity index (χ0v) is 10.6. The second kappa shape index (κ2) is 8.20. The van der Waals surface area contributed by atoms with Crippen molar-refractivity contribution in [1.29, 1.82) is 0 Å². The number of unbranched alkanes of at least 4 members (excludes halogenated alkanes) is 1. The van der Waals surface area contributed by atoms with Crippen LogP contribution in [-0.4, -0.2) is 19.1 Å². The molecule has 96 valence electrons. The Labute approximate surface area is 103 Å². The lowest BCUT2D eigenvalue weighted by Gasteiger charge is -2.12. The van der Waals surface area contributed by atoms with E-state index in [1.807, 2.05) is 12.1 Å². The summed E-state index contributed by atoms with van der Waals surface area (Å²) in [6.07, 6.45) is 4.39. The van der Waals surface area contributed by atoms with Crippen LogP contribution in [0.25, 0.3) is 0 Å². The molecule has 1 unspecified atom stereocenters. The summed E-state index contributed by atoms with van der Waals surface area (Å²) in [6.45, 7) is 3.93. The maximum Gasteiger partial charge on any atom is 0.123 e. The Morgan fingerprint density at radius 3 is 2.65 bits per heavy atom. The van der Waals surface area contributed by atoms with E-state index in [4.69, 9.17) is 5.73 Å². The van der Waals surface area contributed by atoms with E-state index in [1.165, 1.54) is 25.0 Å². The van der Waals surface area contributed by atoms with E-state index < -0.39 is 0 Å². The molecule has 0 aromatic heterocycles. The number of hydrogen-bond acceptors (Lipinski definition) is 2. The zero-order chi connectivity index (χ0) is 12.5. The van der Waals surface area contributed by atoms with E-state index in [0.29, 0.717) is 0 Å². The lowest BCUT2D eigenvalue weighted by molar-refractivity contribution is 0.526. The average molecular weight is 238 g/mol. The molecule has 0 aliphatic rings. The van der Waals surface area contributed by atoms with Gasteiger partial charge in [0.2, 0.25) is 0 Å². The molecule has 1 rings (SSSR count). The van der Waals surface area contributed by atoms with Crippen molar-refractivity contribution in [2.45, 2.75) is 38.6 Å². The molecular formula is C14H23FN2. The van der Waals surface area contributed by atoms with Gasteiger partial charge in [0, 0.05) is 12.6 Å². The minimum Gasteiger partial charge on any atom is -0.327 e. The first kappa shape index (κ1) is 14.1. The molecule has 17 heavy (non-hydrogen) atoms. The highest BCUT2D eigenvalue weighted by molar-refractivity contribution is 5.16. The molecule has 0 aliphatic heterocycles. The number of nitrogens with one attached hydrogen (secondary N) is 1. The summed E-state index contributed by atoms with van der Waals surface area (Å²) in [4.78, 5) is 0. The summed E-state index contributed by atoms with van der Waals surface area (Å²) in [5.74, 6) is -0.178. The summed E-state index contributed by atoms with van der Waals surface area (Å²) < 4.78 is 12.7. The molecule has 3 heteroatoms. The number of halogens is 1. The zero-order valence-electron chi connectivity index (χ0n) is 10.6. The molecule has 1 aromatic rings. The highest BCUT2D eigenvalue weighted by Crippen LogP contribution is 2.03. The molecule has 0 amide bonds. The van der Waals surface area contributed by atoms with Crippen LogP contribution in [0.2, 0.25) is 0 Å².